The van der Waals surface area contributed by atoms with E-state index in [4.69, 9.17) is 4.42 Å². The molecule has 0 fully saturated rings. The highest BCUT2D eigenvalue weighted by Crippen LogP contribution is 2.36. The molecule has 27 heavy (non-hydrogen) atoms. The smallest absolute Gasteiger partial charge is 0.434 e. The molecular formula is C18H17F3N2O3S. The molecule has 2 aromatic heterocycles. The summed E-state index contributed by atoms with van der Waals surface area (Å²) in [5.74, 6) is 0.346. The number of benzene rings is 1. The minimum Gasteiger partial charge on any atom is -0.459 e. The Hall–Kier alpha value is -2.39. The quantitative estimate of drug-likeness (QED) is 0.629. The molecule has 0 aliphatic heterocycles. The van der Waals surface area contributed by atoms with Crippen LogP contribution in [0.1, 0.15) is 31.3 Å². The Morgan fingerprint density at radius 2 is 1.89 bits per heavy atom. The van der Waals surface area contributed by atoms with Crippen molar-refractivity contribution in [2.45, 2.75) is 31.0 Å². The van der Waals surface area contributed by atoms with Gasteiger partial charge in [-0.25, -0.2) is 8.42 Å². The molecule has 1 aromatic carbocycles. The van der Waals surface area contributed by atoms with Gasteiger partial charge in [0.25, 0.3) is 0 Å². The van der Waals surface area contributed by atoms with Gasteiger partial charge in [0, 0.05) is 18.1 Å². The molecule has 0 aliphatic rings. The number of sulfonamides is 1. The maximum Gasteiger partial charge on any atom is 0.434 e. The Morgan fingerprint density at radius 1 is 1.19 bits per heavy atom. The lowest BCUT2D eigenvalue weighted by Gasteiger charge is -2.26. The molecule has 0 radical (unpaired) electrons. The van der Waals surface area contributed by atoms with E-state index in [1.807, 2.05) is 12.1 Å². The molecule has 2 heterocycles. The number of hydrogen-bond donors (Lipinski definition) is 0. The fourth-order valence-electron chi connectivity index (χ4n) is 2.94. The normalized spacial score (nSPS) is 14.0. The van der Waals surface area contributed by atoms with Crippen molar-refractivity contribution in [2.24, 2.45) is 0 Å². The third kappa shape index (κ3) is 3.57. The molecule has 0 bridgehead atoms. The molecule has 0 N–H and O–H groups in total. The second-order valence-electron chi connectivity index (χ2n) is 5.92. The van der Waals surface area contributed by atoms with Gasteiger partial charge in [0.05, 0.1) is 6.04 Å². The highest BCUT2D eigenvalue weighted by atomic mass is 32.2. The van der Waals surface area contributed by atoms with Gasteiger partial charge in [0.1, 0.15) is 16.2 Å². The first-order valence-electron chi connectivity index (χ1n) is 8.18. The number of furan rings is 1. The monoisotopic (exact) mass is 398 g/mol. The van der Waals surface area contributed by atoms with E-state index in [2.05, 4.69) is 4.98 Å². The Balaban J connectivity index is 2.06. The Morgan fingerprint density at radius 3 is 2.52 bits per heavy atom. The van der Waals surface area contributed by atoms with Crippen molar-refractivity contribution in [3.63, 3.8) is 0 Å². The number of halogens is 3. The molecular weight excluding hydrogens is 381 g/mol. The Labute approximate surface area is 154 Å². The SMILES string of the molecule is CCN(C(C)c1cc2ccccc2o1)S(=O)(=O)c1cccnc1C(F)(F)F. The Kier molecular flexibility index (Phi) is 5.00. The van der Waals surface area contributed by atoms with Crippen molar-refractivity contribution >= 4 is 21.0 Å². The van der Waals surface area contributed by atoms with Gasteiger partial charge in [-0.15, -0.1) is 0 Å². The number of para-hydroxylation sites is 1. The predicted molar refractivity (Wildman–Crippen MR) is 93.4 cm³/mol. The fourth-order valence-corrected chi connectivity index (χ4v) is 4.72. The maximum absolute atomic E-state index is 13.2. The number of alkyl halides is 3. The van der Waals surface area contributed by atoms with E-state index >= 15 is 0 Å². The maximum atomic E-state index is 13.2. The summed E-state index contributed by atoms with van der Waals surface area (Å²) in [6.07, 6.45) is -3.97. The zero-order valence-electron chi connectivity index (χ0n) is 14.6. The van der Waals surface area contributed by atoms with Gasteiger partial charge in [0.2, 0.25) is 10.0 Å². The van der Waals surface area contributed by atoms with Crippen LogP contribution in [0.4, 0.5) is 13.2 Å². The summed E-state index contributed by atoms with van der Waals surface area (Å²) >= 11 is 0. The number of pyridine rings is 1. The first-order chi connectivity index (χ1) is 12.7. The van der Waals surface area contributed by atoms with Crippen LogP contribution in [-0.2, 0) is 16.2 Å². The predicted octanol–water partition coefficient (Wildman–Crippen LogP) is 4.62. The van der Waals surface area contributed by atoms with Gasteiger partial charge >= 0.3 is 6.18 Å². The van der Waals surface area contributed by atoms with Crippen molar-refractivity contribution in [1.29, 1.82) is 0 Å². The van der Waals surface area contributed by atoms with E-state index in [0.29, 0.717) is 11.3 Å². The lowest BCUT2D eigenvalue weighted by atomic mass is 10.2. The van der Waals surface area contributed by atoms with Crippen LogP contribution in [-0.4, -0.2) is 24.3 Å². The third-order valence-electron chi connectivity index (χ3n) is 4.23. The van der Waals surface area contributed by atoms with Crippen molar-refractivity contribution in [1.82, 2.24) is 9.29 Å². The van der Waals surface area contributed by atoms with Crippen molar-refractivity contribution in [2.75, 3.05) is 6.54 Å². The third-order valence-corrected chi connectivity index (χ3v) is 6.30. The molecule has 1 atom stereocenters. The van der Waals surface area contributed by atoms with E-state index in [1.54, 1.807) is 32.0 Å². The molecule has 5 nitrogen and oxygen atoms in total. The molecule has 0 saturated carbocycles. The summed E-state index contributed by atoms with van der Waals surface area (Å²) in [5, 5.41) is 0.783. The average molecular weight is 398 g/mol. The van der Waals surface area contributed by atoms with E-state index in [1.165, 1.54) is 6.07 Å². The first-order valence-corrected chi connectivity index (χ1v) is 9.62. The van der Waals surface area contributed by atoms with Gasteiger partial charge in [-0.3, -0.25) is 4.98 Å². The van der Waals surface area contributed by atoms with Crippen molar-refractivity contribution in [3.8, 4) is 0 Å². The lowest BCUT2D eigenvalue weighted by molar-refractivity contribution is -0.143. The summed E-state index contributed by atoms with van der Waals surface area (Å²) in [5.41, 5.74) is -0.856. The first kappa shape index (κ1) is 19.4. The average Bonchev–Trinajstić information content (AvgIpc) is 3.05. The van der Waals surface area contributed by atoms with E-state index in [-0.39, 0.29) is 6.54 Å². The van der Waals surface area contributed by atoms with Crippen LogP contribution in [0.5, 0.6) is 0 Å². The highest BCUT2D eigenvalue weighted by Gasteiger charge is 2.41. The number of nitrogens with zero attached hydrogens (tertiary/aromatic N) is 2. The topological polar surface area (TPSA) is 63.4 Å². The van der Waals surface area contributed by atoms with Crippen LogP contribution < -0.4 is 0 Å². The molecule has 0 amide bonds. The van der Waals surface area contributed by atoms with E-state index < -0.39 is 32.8 Å². The Bertz CT molecular complexity index is 1030. The van der Waals surface area contributed by atoms with Crippen LogP contribution in [0.25, 0.3) is 11.0 Å². The van der Waals surface area contributed by atoms with Gasteiger partial charge < -0.3 is 4.42 Å². The van der Waals surface area contributed by atoms with Crippen LogP contribution >= 0.6 is 0 Å². The van der Waals surface area contributed by atoms with Gasteiger partial charge in [-0.1, -0.05) is 25.1 Å². The molecule has 0 saturated heterocycles. The van der Waals surface area contributed by atoms with E-state index in [0.717, 1.165) is 22.0 Å². The number of aromatic nitrogens is 1. The van der Waals surface area contributed by atoms with Gasteiger partial charge in [-0.05, 0) is 31.2 Å². The summed E-state index contributed by atoms with van der Waals surface area (Å²) in [6, 6.07) is 10.1. The summed E-state index contributed by atoms with van der Waals surface area (Å²) in [7, 11) is -4.46. The minimum absolute atomic E-state index is 0.0350. The molecule has 3 rings (SSSR count). The summed E-state index contributed by atoms with van der Waals surface area (Å²) < 4.78 is 72.4. The molecule has 0 spiro atoms. The van der Waals surface area contributed by atoms with Crippen LogP contribution in [0.15, 0.2) is 58.0 Å². The second kappa shape index (κ2) is 6.97. The standard InChI is InChI=1S/C18H17F3N2O3S/c1-3-23(12(2)15-11-13-7-4-5-8-14(13)26-15)27(24,25)16-9-6-10-22-17(16)18(19,20)21/h4-12H,3H2,1-2H3. The molecule has 1 unspecified atom stereocenters. The summed E-state index contributed by atoms with van der Waals surface area (Å²) in [6.45, 7) is 3.09. The van der Waals surface area contributed by atoms with E-state index in [9.17, 15) is 21.6 Å². The van der Waals surface area contributed by atoms with Gasteiger partial charge in [-0.2, -0.15) is 17.5 Å². The largest absolute Gasteiger partial charge is 0.459 e. The molecule has 3 aromatic rings. The zero-order chi connectivity index (χ0) is 19.8. The number of hydrogen-bond acceptors (Lipinski definition) is 4. The van der Waals surface area contributed by atoms with Crippen molar-refractivity contribution < 1.29 is 26.0 Å². The van der Waals surface area contributed by atoms with Crippen molar-refractivity contribution in [3.05, 3.63) is 60.1 Å². The zero-order valence-corrected chi connectivity index (χ0v) is 15.4. The van der Waals surface area contributed by atoms with Crippen LogP contribution in [0, 0.1) is 0 Å². The second-order valence-corrected chi connectivity index (χ2v) is 7.78. The van der Waals surface area contributed by atoms with Crippen LogP contribution in [0.2, 0.25) is 0 Å². The van der Waals surface area contributed by atoms with Gasteiger partial charge in [0.15, 0.2) is 5.69 Å². The number of rotatable bonds is 5. The number of fused-ring (bicyclic) bond motifs is 1. The van der Waals surface area contributed by atoms with Crippen LogP contribution in [0.3, 0.4) is 0 Å². The molecule has 0 aliphatic carbocycles. The summed E-state index contributed by atoms with van der Waals surface area (Å²) in [4.78, 5) is 2.37. The molecule has 9 heteroatoms. The molecule has 144 valence electrons. The lowest BCUT2D eigenvalue weighted by Crippen LogP contribution is -2.34. The highest BCUT2D eigenvalue weighted by molar-refractivity contribution is 7.89. The fraction of sp³-hybridized carbons (Fsp3) is 0.278. The minimum atomic E-state index is -4.88.